The third-order valence-corrected chi connectivity index (χ3v) is 2.61. The third kappa shape index (κ3) is 1.80. The first-order valence-corrected chi connectivity index (χ1v) is 5.10. The zero-order valence-electron chi connectivity index (χ0n) is 9.11. The zero-order valence-corrected chi connectivity index (χ0v) is 9.11. The molecule has 1 N–H and O–H groups in total. The molecular weight excluding hydrogens is 225 g/mol. The second kappa shape index (κ2) is 4.01. The number of hydrogen-bond acceptors (Lipinski definition) is 2. The van der Waals surface area contributed by atoms with E-state index in [1.54, 1.807) is 11.5 Å². The minimum Gasteiger partial charge on any atom is -0.477 e. The van der Waals surface area contributed by atoms with Gasteiger partial charge in [-0.15, -0.1) is 0 Å². The van der Waals surface area contributed by atoms with E-state index < -0.39 is 17.2 Å². The maximum Gasteiger partial charge on any atom is 0.341 e. The van der Waals surface area contributed by atoms with Crippen molar-refractivity contribution in [1.82, 2.24) is 4.57 Å². The lowest BCUT2D eigenvalue weighted by Crippen LogP contribution is -2.18. The number of aromatic carboxylic acids is 1. The molecular formula is C12H10FNO3. The van der Waals surface area contributed by atoms with Gasteiger partial charge in [-0.25, -0.2) is 9.18 Å². The number of hydrogen-bond donors (Lipinski definition) is 1. The summed E-state index contributed by atoms with van der Waals surface area (Å²) in [5.74, 6) is -1.73. The van der Waals surface area contributed by atoms with Gasteiger partial charge in [0.2, 0.25) is 5.43 Å². The molecule has 0 bridgehead atoms. The van der Waals surface area contributed by atoms with Gasteiger partial charge in [-0.3, -0.25) is 4.79 Å². The molecule has 88 valence electrons. The maximum atomic E-state index is 13.1. The number of carboxylic acid groups (broad SMARTS) is 1. The first-order valence-electron chi connectivity index (χ1n) is 5.10. The number of pyridine rings is 1. The largest absolute Gasteiger partial charge is 0.477 e. The molecule has 4 nitrogen and oxygen atoms in total. The number of aryl methyl sites for hydroxylation is 1. The van der Waals surface area contributed by atoms with Gasteiger partial charge in [0.25, 0.3) is 0 Å². The fraction of sp³-hybridized carbons (Fsp3) is 0.167. The molecule has 0 amide bonds. The normalized spacial score (nSPS) is 10.7. The minimum absolute atomic E-state index is 0.216. The Hall–Kier alpha value is -2.17. The molecule has 0 radical (unpaired) electrons. The number of carboxylic acids is 1. The van der Waals surface area contributed by atoms with Gasteiger partial charge >= 0.3 is 5.97 Å². The predicted octanol–water partition coefficient (Wildman–Crippen LogP) is 1.86. The van der Waals surface area contributed by atoms with Crippen LogP contribution in [-0.2, 0) is 6.54 Å². The van der Waals surface area contributed by atoms with Gasteiger partial charge in [0.15, 0.2) is 0 Å². The second-order valence-corrected chi connectivity index (χ2v) is 3.62. The number of carbonyl (C=O) groups is 1. The van der Waals surface area contributed by atoms with Gasteiger partial charge < -0.3 is 9.67 Å². The molecule has 17 heavy (non-hydrogen) atoms. The van der Waals surface area contributed by atoms with Crippen LogP contribution in [0.4, 0.5) is 4.39 Å². The van der Waals surface area contributed by atoms with Crippen LogP contribution in [0.2, 0.25) is 0 Å². The highest BCUT2D eigenvalue weighted by Gasteiger charge is 2.14. The number of rotatable bonds is 2. The van der Waals surface area contributed by atoms with Gasteiger partial charge in [0, 0.05) is 18.1 Å². The van der Waals surface area contributed by atoms with Crippen molar-refractivity contribution in [2.45, 2.75) is 13.5 Å². The average Bonchev–Trinajstić information content (AvgIpc) is 2.29. The Morgan fingerprint density at radius 2 is 2.18 bits per heavy atom. The smallest absolute Gasteiger partial charge is 0.341 e. The predicted molar refractivity (Wildman–Crippen MR) is 60.8 cm³/mol. The van der Waals surface area contributed by atoms with E-state index in [1.165, 1.54) is 18.3 Å². The van der Waals surface area contributed by atoms with Crippen molar-refractivity contribution in [3.8, 4) is 0 Å². The summed E-state index contributed by atoms with van der Waals surface area (Å²) in [6.45, 7) is 2.25. The van der Waals surface area contributed by atoms with E-state index in [0.717, 1.165) is 6.07 Å². The van der Waals surface area contributed by atoms with Crippen LogP contribution in [0.15, 0.2) is 29.2 Å². The molecule has 0 fully saturated rings. The van der Waals surface area contributed by atoms with Gasteiger partial charge in [-0.05, 0) is 25.1 Å². The van der Waals surface area contributed by atoms with E-state index in [2.05, 4.69) is 0 Å². The van der Waals surface area contributed by atoms with Crippen molar-refractivity contribution < 1.29 is 14.3 Å². The lowest BCUT2D eigenvalue weighted by atomic mass is 10.1. The van der Waals surface area contributed by atoms with Gasteiger partial charge in [-0.2, -0.15) is 0 Å². The fourth-order valence-electron chi connectivity index (χ4n) is 1.78. The zero-order chi connectivity index (χ0) is 12.6. The molecule has 0 saturated heterocycles. The molecule has 0 aliphatic carbocycles. The Kier molecular flexibility index (Phi) is 2.67. The number of halogens is 1. The number of fused-ring (bicyclic) bond motifs is 1. The summed E-state index contributed by atoms with van der Waals surface area (Å²) >= 11 is 0. The lowest BCUT2D eigenvalue weighted by molar-refractivity contribution is 0.0695. The van der Waals surface area contributed by atoms with E-state index in [9.17, 15) is 14.0 Å². The van der Waals surface area contributed by atoms with Crippen molar-refractivity contribution in [1.29, 1.82) is 0 Å². The maximum absolute atomic E-state index is 13.1. The van der Waals surface area contributed by atoms with Gasteiger partial charge in [0.1, 0.15) is 11.4 Å². The van der Waals surface area contributed by atoms with Crippen LogP contribution in [0.1, 0.15) is 17.3 Å². The fourth-order valence-corrected chi connectivity index (χ4v) is 1.78. The third-order valence-electron chi connectivity index (χ3n) is 2.61. The van der Waals surface area contributed by atoms with Gasteiger partial charge in [0.05, 0.1) is 5.52 Å². The molecule has 0 aliphatic heterocycles. The van der Waals surface area contributed by atoms with Crippen molar-refractivity contribution in [2.75, 3.05) is 0 Å². The van der Waals surface area contributed by atoms with E-state index in [-0.39, 0.29) is 10.9 Å². The molecule has 5 heteroatoms. The monoisotopic (exact) mass is 235 g/mol. The van der Waals surface area contributed by atoms with Crippen LogP contribution in [0, 0.1) is 5.82 Å². The quantitative estimate of drug-likeness (QED) is 0.864. The van der Waals surface area contributed by atoms with Crippen molar-refractivity contribution >= 4 is 16.9 Å². The molecule has 2 aromatic rings. The molecule has 1 aromatic carbocycles. The Bertz CT molecular complexity index is 661. The summed E-state index contributed by atoms with van der Waals surface area (Å²) < 4.78 is 14.7. The molecule has 1 aromatic heterocycles. The van der Waals surface area contributed by atoms with E-state index in [0.29, 0.717) is 12.1 Å². The Morgan fingerprint density at radius 1 is 1.47 bits per heavy atom. The molecule has 1 heterocycles. The van der Waals surface area contributed by atoms with Crippen molar-refractivity contribution in [3.63, 3.8) is 0 Å². The van der Waals surface area contributed by atoms with Gasteiger partial charge in [-0.1, -0.05) is 0 Å². The molecule has 0 aliphatic rings. The summed E-state index contributed by atoms with van der Waals surface area (Å²) in [6, 6.07) is 3.69. The van der Waals surface area contributed by atoms with Crippen LogP contribution < -0.4 is 5.43 Å². The minimum atomic E-state index is -1.27. The molecule has 2 rings (SSSR count). The topological polar surface area (TPSA) is 59.3 Å². The first-order chi connectivity index (χ1) is 8.04. The van der Waals surface area contributed by atoms with Crippen LogP contribution >= 0.6 is 0 Å². The molecule has 0 saturated carbocycles. The molecule has 0 atom stereocenters. The SMILES string of the molecule is CCn1cc(C(=O)O)c(=O)c2ccc(F)cc21. The summed E-state index contributed by atoms with van der Waals surface area (Å²) in [7, 11) is 0. The van der Waals surface area contributed by atoms with Crippen LogP contribution in [0.3, 0.4) is 0 Å². The molecule has 0 unspecified atom stereocenters. The Morgan fingerprint density at radius 3 is 2.76 bits per heavy atom. The second-order valence-electron chi connectivity index (χ2n) is 3.62. The standard InChI is InChI=1S/C12H10FNO3/c1-2-14-6-9(12(16)17)11(15)8-4-3-7(13)5-10(8)14/h3-6H,2H2,1H3,(H,16,17). The number of nitrogens with zero attached hydrogens (tertiary/aromatic N) is 1. The Labute approximate surface area is 95.9 Å². The lowest BCUT2D eigenvalue weighted by Gasteiger charge is -2.09. The summed E-state index contributed by atoms with van der Waals surface area (Å²) in [6.07, 6.45) is 1.24. The number of aromatic nitrogens is 1. The molecule has 0 spiro atoms. The van der Waals surface area contributed by atoms with Crippen LogP contribution in [0.5, 0.6) is 0 Å². The van der Waals surface area contributed by atoms with Crippen LogP contribution in [-0.4, -0.2) is 15.6 Å². The van der Waals surface area contributed by atoms with E-state index >= 15 is 0 Å². The highest BCUT2D eigenvalue weighted by atomic mass is 19.1. The summed E-state index contributed by atoms with van der Waals surface area (Å²) in [4.78, 5) is 22.7. The average molecular weight is 235 g/mol. The van der Waals surface area contributed by atoms with E-state index in [4.69, 9.17) is 5.11 Å². The van der Waals surface area contributed by atoms with Crippen LogP contribution in [0.25, 0.3) is 10.9 Å². The highest BCUT2D eigenvalue weighted by molar-refractivity contribution is 5.92. The van der Waals surface area contributed by atoms with Crippen molar-refractivity contribution in [2.24, 2.45) is 0 Å². The Balaban J connectivity index is 2.95. The van der Waals surface area contributed by atoms with Crippen molar-refractivity contribution in [3.05, 3.63) is 46.0 Å². The summed E-state index contributed by atoms with van der Waals surface area (Å²) in [5, 5.41) is 9.13. The first kappa shape index (κ1) is 11.3. The number of benzene rings is 1. The highest BCUT2D eigenvalue weighted by Crippen LogP contribution is 2.13. The summed E-state index contributed by atoms with van der Waals surface area (Å²) in [5.41, 5.74) is -0.481. The van der Waals surface area contributed by atoms with E-state index in [1.807, 2.05) is 0 Å².